The van der Waals surface area contributed by atoms with Gasteiger partial charge in [-0.25, -0.2) is 0 Å². The molecule has 1 amide bonds. The highest BCUT2D eigenvalue weighted by molar-refractivity contribution is 8.26. The number of carbonyl (C=O) groups excluding carboxylic acids is 1. The molecule has 0 atom stereocenters. The average molecular weight is 420 g/mol. The first-order valence-corrected chi connectivity index (χ1v) is 9.48. The average Bonchev–Trinajstić information content (AvgIpc) is 2.89. The van der Waals surface area contributed by atoms with Crippen LogP contribution in [0.1, 0.15) is 11.1 Å². The minimum absolute atomic E-state index is 0.230. The molecule has 1 saturated heterocycles. The summed E-state index contributed by atoms with van der Waals surface area (Å²) in [4.78, 5) is 24.7. The van der Waals surface area contributed by atoms with Gasteiger partial charge in [0.05, 0.1) is 4.91 Å². The van der Waals surface area contributed by atoms with Crippen molar-refractivity contribution in [2.24, 2.45) is 0 Å². The number of aliphatic carboxylic acids is 1. The fraction of sp³-hybridized carbons (Fsp3) is 0.105. The summed E-state index contributed by atoms with van der Waals surface area (Å²) in [5.41, 5.74) is 1.67. The van der Waals surface area contributed by atoms with E-state index in [0.717, 1.165) is 22.2 Å². The fourth-order valence-electron chi connectivity index (χ4n) is 2.39. The van der Waals surface area contributed by atoms with Crippen molar-refractivity contribution in [3.8, 4) is 5.75 Å². The predicted molar refractivity (Wildman–Crippen MR) is 110 cm³/mol. The Morgan fingerprint density at radius 3 is 2.63 bits per heavy atom. The van der Waals surface area contributed by atoms with Crippen LogP contribution in [0.4, 0.5) is 0 Å². The first-order valence-electron chi connectivity index (χ1n) is 7.87. The number of rotatable bonds is 6. The quantitative estimate of drug-likeness (QED) is 0.559. The van der Waals surface area contributed by atoms with Crippen LogP contribution in [0.3, 0.4) is 0 Å². The third kappa shape index (κ3) is 4.88. The Bertz CT molecular complexity index is 928. The molecule has 0 spiro atoms. The van der Waals surface area contributed by atoms with Crippen LogP contribution < -0.4 is 4.74 Å². The molecule has 0 bridgehead atoms. The molecule has 0 aliphatic carbocycles. The predicted octanol–water partition coefficient (Wildman–Crippen LogP) is 4.20. The van der Waals surface area contributed by atoms with Crippen molar-refractivity contribution in [1.82, 2.24) is 4.90 Å². The first kappa shape index (κ1) is 19.4. The van der Waals surface area contributed by atoms with Crippen LogP contribution in [0.15, 0.2) is 53.4 Å². The molecule has 2 aromatic carbocycles. The van der Waals surface area contributed by atoms with Crippen molar-refractivity contribution < 1.29 is 19.4 Å². The molecule has 1 N–H and O–H groups in total. The van der Waals surface area contributed by atoms with Crippen molar-refractivity contribution >= 4 is 57.9 Å². The second-order valence-corrected chi connectivity index (χ2v) is 7.73. The monoisotopic (exact) mass is 419 g/mol. The van der Waals surface area contributed by atoms with Gasteiger partial charge in [-0.3, -0.25) is 14.5 Å². The summed E-state index contributed by atoms with van der Waals surface area (Å²) < 4.78 is 6.11. The first-order chi connectivity index (χ1) is 12.9. The molecule has 8 heteroatoms. The van der Waals surface area contributed by atoms with E-state index >= 15 is 0 Å². The molecule has 1 aliphatic heterocycles. The second kappa shape index (κ2) is 8.56. The van der Waals surface area contributed by atoms with E-state index in [1.165, 1.54) is 0 Å². The maximum atomic E-state index is 12.4. The number of amides is 1. The van der Waals surface area contributed by atoms with Crippen molar-refractivity contribution in [2.75, 3.05) is 6.54 Å². The fourth-order valence-corrected chi connectivity index (χ4v) is 3.76. The van der Waals surface area contributed by atoms with E-state index in [1.807, 2.05) is 30.3 Å². The number of hydrogen-bond acceptors (Lipinski definition) is 5. The van der Waals surface area contributed by atoms with E-state index in [0.29, 0.717) is 27.8 Å². The molecule has 0 aromatic heterocycles. The van der Waals surface area contributed by atoms with Gasteiger partial charge in [-0.05, 0) is 29.8 Å². The highest BCUT2D eigenvalue weighted by atomic mass is 35.5. The molecule has 0 unspecified atom stereocenters. The lowest BCUT2D eigenvalue weighted by Gasteiger charge is -2.11. The normalized spacial score (nSPS) is 15.4. The molecule has 5 nitrogen and oxygen atoms in total. The zero-order valence-corrected chi connectivity index (χ0v) is 16.3. The Balaban J connectivity index is 1.78. The molecule has 1 heterocycles. The number of carbonyl (C=O) groups is 2. The summed E-state index contributed by atoms with van der Waals surface area (Å²) in [7, 11) is 0. The third-order valence-electron chi connectivity index (χ3n) is 3.68. The molecule has 1 fully saturated rings. The summed E-state index contributed by atoms with van der Waals surface area (Å²) in [5, 5.41) is 9.57. The topological polar surface area (TPSA) is 66.8 Å². The molecular weight excluding hydrogens is 406 g/mol. The van der Waals surface area contributed by atoms with Gasteiger partial charge in [0.15, 0.2) is 0 Å². The molecule has 0 saturated carbocycles. The van der Waals surface area contributed by atoms with E-state index in [1.54, 1.807) is 24.3 Å². The zero-order valence-electron chi connectivity index (χ0n) is 13.9. The van der Waals surface area contributed by atoms with Gasteiger partial charge in [-0.15, -0.1) is 0 Å². The summed E-state index contributed by atoms with van der Waals surface area (Å²) >= 11 is 12.1. The largest absolute Gasteiger partial charge is 0.488 e. The highest BCUT2D eigenvalue weighted by Gasteiger charge is 2.33. The number of carboxylic acids is 1. The van der Waals surface area contributed by atoms with Crippen molar-refractivity contribution in [3.63, 3.8) is 0 Å². The lowest BCUT2D eigenvalue weighted by atomic mass is 10.1. The minimum atomic E-state index is -1.11. The van der Waals surface area contributed by atoms with Crippen LogP contribution in [0.5, 0.6) is 5.75 Å². The lowest BCUT2D eigenvalue weighted by molar-refractivity contribution is -0.140. The van der Waals surface area contributed by atoms with Gasteiger partial charge < -0.3 is 9.84 Å². The molecule has 2 aromatic rings. The molecule has 138 valence electrons. The summed E-state index contributed by atoms with van der Waals surface area (Å²) in [5.74, 6) is -0.921. The number of carboxylic acid groups (broad SMARTS) is 1. The third-order valence-corrected chi connectivity index (χ3v) is 5.31. The van der Waals surface area contributed by atoms with Crippen molar-refractivity contribution in [1.29, 1.82) is 0 Å². The van der Waals surface area contributed by atoms with Gasteiger partial charge in [0.25, 0.3) is 5.91 Å². The van der Waals surface area contributed by atoms with Crippen LogP contribution in [0, 0.1) is 0 Å². The number of benzene rings is 2. The molecule has 27 heavy (non-hydrogen) atoms. The number of hydrogen-bond donors (Lipinski definition) is 1. The number of thiocarbonyl (C=S) groups is 1. The van der Waals surface area contributed by atoms with Gasteiger partial charge in [-0.1, -0.05) is 65.9 Å². The summed E-state index contributed by atoms with van der Waals surface area (Å²) in [6.07, 6.45) is 1.67. The Morgan fingerprint density at radius 2 is 1.93 bits per heavy atom. The SMILES string of the molecule is O=C(O)CN1C(=O)C(=Cc2ccccc2OCc2ccc(Cl)cc2)SC1=S. The molecular formula is C19H14ClNO4S2. The van der Waals surface area contributed by atoms with Crippen LogP contribution >= 0.6 is 35.6 Å². The van der Waals surface area contributed by atoms with Crippen LogP contribution in [0.25, 0.3) is 6.08 Å². The number of ether oxygens (including phenoxy) is 1. The van der Waals surface area contributed by atoms with Crippen LogP contribution in [-0.4, -0.2) is 32.7 Å². The van der Waals surface area contributed by atoms with E-state index in [9.17, 15) is 9.59 Å². The van der Waals surface area contributed by atoms with Gasteiger partial charge in [0, 0.05) is 10.6 Å². The molecule has 0 radical (unpaired) electrons. The second-order valence-electron chi connectivity index (χ2n) is 5.61. The van der Waals surface area contributed by atoms with Crippen molar-refractivity contribution in [2.45, 2.75) is 6.61 Å². The van der Waals surface area contributed by atoms with Crippen LogP contribution in [0.2, 0.25) is 5.02 Å². The van der Waals surface area contributed by atoms with Crippen LogP contribution in [-0.2, 0) is 16.2 Å². The Kier molecular flexibility index (Phi) is 6.15. The van der Waals surface area contributed by atoms with Gasteiger partial charge in [0.1, 0.15) is 23.2 Å². The number of halogens is 1. The highest BCUT2D eigenvalue weighted by Crippen LogP contribution is 2.34. The Hall–Kier alpha value is -2.35. The minimum Gasteiger partial charge on any atom is -0.488 e. The van der Waals surface area contributed by atoms with E-state index in [4.69, 9.17) is 33.7 Å². The van der Waals surface area contributed by atoms with E-state index in [-0.39, 0.29) is 4.32 Å². The van der Waals surface area contributed by atoms with Gasteiger partial charge >= 0.3 is 5.97 Å². The van der Waals surface area contributed by atoms with E-state index in [2.05, 4.69) is 0 Å². The summed E-state index contributed by atoms with van der Waals surface area (Å²) in [6, 6.07) is 14.6. The Labute approximate surface area is 170 Å². The van der Waals surface area contributed by atoms with Crippen molar-refractivity contribution in [3.05, 3.63) is 69.6 Å². The molecule has 3 rings (SSSR count). The standard InChI is InChI=1S/C19H14ClNO4S2/c20-14-7-5-12(6-8-14)11-25-15-4-2-1-3-13(15)9-16-18(24)21(10-17(22)23)19(26)27-16/h1-9H,10-11H2,(H,22,23). The smallest absolute Gasteiger partial charge is 0.323 e. The number of para-hydroxylation sites is 1. The zero-order chi connectivity index (χ0) is 19.4. The maximum Gasteiger partial charge on any atom is 0.323 e. The number of nitrogens with zero attached hydrogens (tertiary/aromatic N) is 1. The van der Waals surface area contributed by atoms with Gasteiger partial charge in [-0.2, -0.15) is 0 Å². The number of thioether (sulfide) groups is 1. The van der Waals surface area contributed by atoms with E-state index < -0.39 is 18.4 Å². The van der Waals surface area contributed by atoms with Gasteiger partial charge in [0.2, 0.25) is 0 Å². The lowest BCUT2D eigenvalue weighted by Crippen LogP contribution is -2.33. The maximum absolute atomic E-state index is 12.4. The summed E-state index contributed by atoms with van der Waals surface area (Å²) in [6.45, 7) is -0.0985. The molecule has 1 aliphatic rings. The Morgan fingerprint density at radius 1 is 1.22 bits per heavy atom.